The van der Waals surface area contributed by atoms with Crippen LogP contribution in [0.2, 0.25) is 0 Å². The Morgan fingerprint density at radius 2 is 1.89 bits per heavy atom. The van der Waals surface area contributed by atoms with Crippen molar-refractivity contribution in [2.45, 2.75) is 27.2 Å². The number of nitrogens with two attached hydrogens (primary N) is 1. The number of nitro benzene ring substituents is 1. The Balaban J connectivity index is 2.35. The van der Waals surface area contributed by atoms with Crippen LogP contribution in [0.5, 0.6) is 0 Å². The van der Waals surface area contributed by atoms with E-state index >= 15 is 0 Å². The molecule has 0 spiro atoms. The number of nitrogens with zero attached hydrogens (tertiary/aromatic N) is 2. The molecule has 2 atom stereocenters. The van der Waals surface area contributed by atoms with E-state index in [1.54, 1.807) is 12.1 Å². The molecule has 0 amide bonds. The minimum absolute atomic E-state index is 0.000596. The number of hydrogen-bond donors (Lipinski definition) is 1. The van der Waals surface area contributed by atoms with Crippen LogP contribution in [0, 0.1) is 28.9 Å². The molecule has 5 heteroatoms. The quantitative estimate of drug-likeness (QED) is 0.506. The zero-order valence-corrected chi connectivity index (χ0v) is 11.7. The summed E-state index contributed by atoms with van der Waals surface area (Å²) in [6.07, 6.45) is 1.23. The van der Waals surface area contributed by atoms with Crippen LogP contribution in [0.25, 0.3) is 0 Å². The molecule has 0 bridgehead atoms. The first-order chi connectivity index (χ1) is 8.88. The van der Waals surface area contributed by atoms with Crippen LogP contribution in [0.15, 0.2) is 12.1 Å². The van der Waals surface area contributed by atoms with Gasteiger partial charge in [0.25, 0.3) is 5.69 Å². The molecule has 0 unspecified atom stereocenters. The van der Waals surface area contributed by atoms with Crippen LogP contribution in [0.1, 0.15) is 25.8 Å². The van der Waals surface area contributed by atoms with Crippen molar-refractivity contribution in [3.63, 3.8) is 0 Å². The molecule has 0 radical (unpaired) electrons. The van der Waals surface area contributed by atoms with E-state index in [9.17, 15) is 10.1 Å². The van der Waals surface area contributed by atoms with Crippen LogP contribution < -0.4 is 10.6 Å². The smallest absolute Gasteiger partial charge is 0.292 e. The van der Waals surface area contributed by atoms with Crippen molar-refractivity contribution >= 4 is 17.1 Å². The molecule has 2 rings (SSSR count). The Kier molecular flexibility index (Phi) is 3.64. The van der Waals surface area contributed by atoms with Gasteiger partial charge in [-0.25, -0.2) is 0 Å². The number of benzene rings is 1. The predicted molar refractivity (Wildman–Crippen MR) is 77.4 cm³/mol. The number of rotatable bonds is 2. The van der Waals surface area contributed by atoms with Gasteiger partial charge in [-0.3, -0.25) is 10.1 Å². The van der Waals surface area contributed by atoms with Crippen LogP contribution in [-0.4, -0.2) is 18.0 Å². The third kappa shape index (κ3) is 2.80. The Morgan fingerprint density at radius 3 is 2.42 bits per heavy atom. The first-order valence-corrected chi connectivity index (χ1v) is 6.68. The highest BCUT2D eigenvalue weighted by molar-refractivity contribution is 5.70. The zero-order valence-electron chi connectivity index (χ0n) is 11.7. The molecule has 0 aromatic heterocycles. The third-order valence-corrected chi connectivity index (χ3v) is 3.75. The van der Waals surface area contributed by atoms with Gasteiger partial charge in [-0.05, 0) is 36.8 Å². The van der Waals surface area contributed by atoms with E-state index < -0.39 is 4.92 Å². The molecule has 1 heterocycles. The standard InChI is InChI=1S/C14H21N3O2/c1-9-4-10(2)8-16(7-9)13-6-12(15)14(17(18)19)5-11(13)3/h5-6,9-10H,4,7-8,15H2,1-3H3/t9-,10-/m1/s1. The molecule has 1 fully saturated rings. The Morgan fingerprint density at radius 1 is 1.32 bits per heavy atom. The number of hydrogen-bond acceptors (Lipinski definition) is 4. The van der Waals surface area contributed by atoms with Crippen molar-refractivity contribution in [3.05, 3.63) is 27.8 Å². The first kappa shape index (κ1) is 13.6. The van der Waals surface area contributed by atoms with Gasteiger partial charge in [0.2, 0.25) is 0 Å². The van der Waals surface area contributed by atoms with E-state index in [0.29, 0.717) is 11.8 Å². The van der Waals surface area contributed by atoms with Gasteiger partial charge in [-0.1, -0.05) is 13.8 Å². The molecule has 1 aromatic carbocycles. The normalized spacial score (nSPS) is 23.4. The molecule has 5 nitrogen and oxygen atoms in total. The van der Waals surface area contributed by atoms with Gasteiger partial charge in [0.1, 0.15) is 5.69 Å². The Hall–Kier alpha value is -1.78. The number of nitro groups is 1. The lowest BCUT2D eigenvalue weighted by Crippen LogP contribution is -2.39. The highest BCUT2D eigenvalue weighted by Gasteiger charge is 2.24. The van der Waals surface area contributed by atoms with E-state index in [-0.39, 0.29) is 11.4 Å². The third-order valence-electron chi connectivity index (χ3n) is 3.75. The van der Waals surface area contributed by atoms with Gasteiger partial charge >= 0.3 is 0 Å². The molecule has 0 saturated carbocycles. The van der Waals surface area contributed by atoms with E-state index in [1.807, 2.05) is 6.92 Å². The number of anilines is 2. The van der Waals surface area contributed by atoms with Crippen molar-refractivity contribution in [2.75, 3.05) is 23.7 Å². The van der Waals surface area contributed by atoms with Crippen molar-refractivity contribution in [1.82, 2.24) is 0 Å². The summed E-state index contributed by atoms with van der Waals surface area (Å²) in [7, 11) is 0. The monoisotopic (exact) mass is 263 g/mol. The second-order valence-electron chi connectivity index (χ2n) is 5.81. The molecule has 1 aliphatic rings. The summed E-state index contributed by atoms with van der Waals surface area (Å²) in [5, 5.41) is 10.9. The Bertz CT molecular complexity index is 492. The fourth-order valence-electron chi connectivity index (χ4n) is 3.06. The molecule has 0 aliphatic carbocycles. The van der Waals surface area contributed by atoms with Gasteiger partial charge in [0.15, 0.2) is 0 Å². The summed E-state index contributed by atoms with van der Waals surface area (Å²) >= 11 is 0. The van der Waals surface area contributed by atoms with Crippen LogP contribution >= 0.6 is 0 Å². The minimum atomic E-state index is -0.423. The number of aryl methyl sites for hydroxylation is 1. The number of nitrogen functional groups attached to an aromatic ring is 1. The van der Waals surface area contributed by atoms with Crippen molar-refractivity contribution in [2.24, 2.45) is 11.8 Å². The van der Waals surface area contributed by atoms with Crippen LogP contribution in [-0.2, 0) is 0 Å². The van der Waals surface area contributed by atoms with Crippen LogP contribution in [0.4, 0.5) is 17.1 Å². The summed E-state index contributed by atoms with van der Waals surface area (Å²) in [6, 6.07) is 3.33. The zero-order chi connectivity index (χ0) is 14.2. The average molecular weight is 263 g/mol. The van der Waals surface area contributed by atoms with Gasteiger partial charge < -0.3 is 10.6 Å². The maximum Gasteiger partial charge on any atom is 0.292 e. The fourth-order valence-corrected chi connectivity index (χ4v) is 3.06. The summed E-state index contributed by atoms with van der Waals surface area (Å²) in [4.78, 5) is 12.8. The van der Waals surface area contributed by atoms with E-state index in [4.69, 9.17) is 5.73 Å². The van der Waals surface area contributed by atoms with Gasteiger partial charge in [-0.2, -0.15) is 0 Å². The fraction of sp³-hybridized carbons (Fsp3) is 0.571. The first-order valence-electron chi connectivity index (χ1n) is 6.68. The molecule has 1 aliphatic heterocycles. The topological polar surface area (TPSA) is 72.4 Å². The van der Waals surface area contributed by atoms with E-state index in [2.05, 4.69) is 18.7 Å². The molecule has 19 heavy (non-hydrogen) atoms. The van der Waals surface area contributed by atoms with Crippen molar-refractivity contribution in [1.29, 1.82) is 0 Å². The molecular weight excluding hydrogens is 242 g/mol. The minimum Gasteiger partial charge on any atom is -0.393 e. The highest BCUT2D eigenvalue weighted by Crippen LogP contribution is 2.34. The molecule has 2 N–H and O–H groups in total. The van der Waals surface area contributed by atoms with Gasteiger partial charge in [-0.15, -0.1) is 0 Å². The summed E-state index contributed by atoms with van der Waals surface area (Å²) in [5.74, 6) is 1.28. The second kappa shape index (κ2) is 5.07. The summed E-state index contributed by atoms with van der Waals surface area (Å²) in [5.41, 5.74) is 7.99. The maximum atomic E-state index is 10.9. The van der Waals surface area contributed by atoms with Gasteiger partial charge in [0.05, 0.1) is 4.92 Å². The molecule has 1 aromatic rings. The highest BCUT2D eigenvalue weighted by atomic mass is 16.6. The lowest BCUT2D eigenvalue weighted by molar-refractivity contribution is -0.383. The summed E-state index contributed by atoms with van der Waals surface area (Å²) < 4.78 is 0. The predicted octanol–water partition coefficient (Wildman–Crippen LogP) is 2.97. The van der Waals surface area contributed by atoms with Crippen molar-refractivity contribution in [3.8, 4) is 0 Å². The maximum absolute atomic E-state index is 10.9. The second-order valence-corrected chi connectivity index (χ2v) is 5.81. The number of piperidine rings is 1. The Labute approximate surface area is 113 Å². The largest absolute Gasteiger partial charge is 0.393 e. The van der Waals surface area contributed by atoms with Crippen molar-refractivity contribution < 1.29 is 4.92 Å². The van der Waals surface area contributed by atoms with E-state index in [0.717, 1.165) is 24.3 Å². The molecular formula is C14H21N3O2. The SMILES string of the molecule is Cc1cc([N+](=O)[O-])c(N)cc1N1C[C@H](C)C[C@@H](C)C1. The molecule has 104 valence electrons. The average Bonchev–Trinajstić information content (AvgIpc) is 2.30. The lowest BCUT2D eigenvalue weighted by Gasteiger charge is -2.37. The summed E-state index contributed by atoms with van der Waals surface area (Å²) in [6.45, 7) is 8.37. The lowest BCUT2D eigenvalue weighted by atomic mass is 9.91. The van der Waals surface area contributed by atoms with Gasteiger partial charge in [0, 0.05) is 24.8 Å². The molecule has 1 saturated heterocycles. The van der Waals surface area contributed by atoms with E-state index in [1.165, 1.54) is 6.42 Å². The van der Waals surface area contributed by atoms with Crippen LogP contribution in [0.3, 0.4) is 0 Å².